The van der Waals surface area contributed by atoms with E-state index in [0.29, 0.717) is 10.6 Å². The predicted molar refractivity (Wildman–Crippen MR) is 83.8 cm³/mol. The second-order valence-corrected chi connectivity index (χ2v) is 7.03. The normalized spacial score (nSPS) is 11.1. The molecule has 110 valence electrons. The Morgan fingerprint density at radius 3 is 2.14 bits per heavy atom. The first kappa shape index (κ1) is 15.5. The SMILES string of the molecule is CS(=O)(=O)c1ccc(C(=O)CNc2ccc(Cl)cc2)cc1. The zero-order valence-electron chi connectivity index (χ0n) is 11.3. The number of halogens is 1. The van der Waals surface area contributed by atoms with E-state index in [9.17, 15) is 13.2 Å². The summed E-state index contributed by atoms with van der Waals surface area (Å²) in [6, 6.07) is 12.9. The Kier molecular flexibility index (Phi) is 4.65. The van der Waals surface area contributed by atoms with Gasteiger partial charge in [-0.2, -0.15) is 0 Å². The molecule has 0 unspecified atom stereocenters. The fourth-order valence-corrected chi connectivity index (χ4v) is 2.50. The summed E-state index contributed by atoms with van der Waals surface area (Å²) in [6.07, 6.45) is 1.13. The van der Waals surface area contributed by atoms with Gasteiger partial charge in [-0.1, -0.05) is 23.7 Å². The molecule has 0 aliphatic rings. The van der Waals surface area contributed by atoms with Gasteiger partial charge in [0, 0.05) is 22.5 Å². The number of Topliss-reactive ketones (excluding diaryl/α,β-unsaturated/α-hetero) is 1. The summed E-state index contributed by atoms with van der Waals surface area (Å²) in [5, 5.41) is 3.62. The van der Waals surface area contributed by atoms with Crippen LogP contribution in [0.5, 0.6) is 0 Å². The van der Waals surface area contributed by atoms with Gasteiger partial charge in [0.2, 0.25) is 0 Å². The number of rotatable bonds is 5. The van der Waals surface area contributed by atoms with Crippen LogP contribution in [-0.4, -0.2) is 27.0 Å². The molecule has 2 aromatic carbocycles. The number of anilines is 1. The van der Waals surface area contributed by atoms with E-state index in [4.69, 9.17) is 11.6 Å². The van der Waals surface area contributed by atoms with E-state index in [2.05, 4.69) is 5.32 Å². The zero-order valence-corrected chi connectivity index (χ0v) is 12.9. The molecular formula is C15H14ClNO3S. The van der Waals surface area contributed by atoms with Crippen LogP contribution in [0.3, 0.4) is 0 Å². The smallest absolute Gasteiger partial charge is 0.181 e. The molecule has 0 radical (unpaired) electrons. The van der Waals surface area contributed by atoms with Gasteiger partial charge >= 0.3 is 0 Å². The Labute approximate surface area is 128 Å². The van der Waals surface area contributed by atoms with E-state index < -0.39 is 9.84 Å². The molecule has 0 fully saturated rings. The molecule has 2 aromatic rings. The molecular weight excluding hydrogens is 310 g/mol. The highest BCUT2D eigenvalue weighted by atomic mass is 35.5. The maximum atomic E-state index is 12.0. The predicted octanol–water partition coefficient (Wildman–Crippen LogP) is 3.04. The molecule has 0 aliphatic carbocycles. The van der Waals surface area contributed by atoms with E-state index in [1.165, 1.54) is 24.3 Å². The first-order chi connectivity index (χ1) is 9.86. The molecule has 2 rings (SSSR count). The van der Waals surface area contributed by atoms with Crippen molar-refractivity contribution in [3.05, 3.63) is 59.1 Å². The first-order valence-electron chi connectivity index (χ1n) is 6.19. The zero-order chi connectivity index (χ0) is 15.5. The Balaban J connectivity index is 2.02. The Hall–Kier alpha value is -1.85. The second-order valence-electron chi connectivity index (χ2n) is 4.58. The minimum Gasteiger partial charge on any atom is -0.378 e. The molecule has 0 saturated heterocycles. The number of nitrogens with one attached hydrogen (secondary N) is 1. The number of ketones is 1. The fourth-order valence-electron chi connectivity index (χ4n) is 1.74. The molecule has 0 aromatic heterocycles. The molecule has 0 aliphatic heterocycles. The van der Waals surface area contributed by atoms with Crippen molar-refractivity contribution < 1.29 is 13.2 Å². The number of carbonyl (C=O) groups is 1. The Bertz CT molecular complexity index is 737. The summed E-state index contributed by atoms with van der Waals surface area (Å²) in [5.41, 5.74) is 1.25. The van der Waals surface area contributed by atoms with Gasteiger partial charge in [0.15, 0.2) is 15.6 Å². The van der Waals surface area contributed by atoms with Crippen LogP contribution in [0.15, 0.2) is 53.4 Å². The van der Waals surface area contributed by atoms with Gasteiger partial charge in [-0.15, -0.1) is 0 Å². The summed E-state index contributed by atoms with van der Waals surface area (Å²) >= 11 is 5.78. The van der Waals surface area contributed by atoms with Gasteiger partial charge in [0.25, 0.3) is 0 Å². The van der Waals surface area contributed by atoms with Gasteiger partial charge in [0.05, 0.1) is 11.4 Å². The highest BCUT2D eigenvalue weighted by Gasteiger charge is 2.09. The number of carbonyl (C=O) groups excluding carboxylic acids is 1. The molecule has 0 bridgehead atoms. The average molecular weight is 324 g/mol. The first-order valence-corrected chi connectivity index (χ1v) is 8.46. The van der Waals surface area contributed by atoms with Crippen LogP contribution in [0.4, 0.5) is 5.69 Å². The lowest BCUT2D eigenvalue weighted by Gasteiger charge is -2.06. The maximum Gasteiger partial charge on any atom is 0.181 e. The quantitative estimate of drug-likeness (QED) is 0.859. The number of hydrogen-bond donors (Lipinski definition) is 1. The Morgan fingerprint density at radius 2 is 1.62 bits per heavy atom. The van der Waals surface area contributed by atoms with Crippen LogP contribution < -0.4 is 5.32 Å². The highest BCUT2D eigenvalue weighted by molar-refractivity contribution is 7.90. The van der Waals surface area contributed by atoms with Crippen molar-refractivity contribution in [3.63, 3.8) is 0 Å². The van der Waals surface area contributed by atoms with Crippen molar-refractivity contribution in [2.24, 2.45) is 0 Å². The van der Waals surface area contributed by atoms with Crippen LogP contribution in [0, 0.1) is 0 Å². The minimum absolute atomic E-state index is 0.120. The van der Waals surface area contributed by atoms with E-state index in [-0.39, 0.29) is 17.2 Å². The van der Waals surface area contributed by atoms with Crippen molar-refractivity contribution in [2.45, 2.75) is 4.90 Å². The molecule has 0 spiro atoms. The Morgan fingerprint density at radius 1 is 1.05 bits per heavy atom. The third-order valence-electron chi connectivity index (χ3n) is 2.90. The van der Waals surface area contributed by atoms with Crippen LogP contribution in [0.25, 0.3) is 0 Å². The van der Waals surface area contributed by atoms with E-state index in [0.717, 1.165) is 11.9 Å². The number of hydrogen-bond acceptors (Lipinski definition) is 4. The lowest BCUT2D eigenvalue weighted by atomic mass is 10.1. The van der Waals surface area contributed by atoms with Gasteiger partial charge in [-0.25, -0.2) is 8.42 Å². The summed E-state index contributed by atoms with van der Waals surface area (Å²) in [4.78, 5) is 12.2. The summed E-state index contributed by atoms with van der Waals surface area (Å²) < 4.78 is 22.7. The molecule has 4 nitrogen and oxygen atoms in total. The number of benzene rings is 2. The molecule has 0 saturated carbocycles. The van der Waals surface area contributed by atoms with Crippen molar-refractivity contribution in [1.82, 2.24) is 0 Å². The van der Waals surface area contributed by atoms with Gasteiger partial charge in [-0.05, 0) is 36.4 Å². The van der Waals surface area contributed by atoms with Crippen LogP contribution in [-0.2, 0) is 9.84 Å². The topological polar surface area (TPSA) is 63.2 Å². The lowest BCUT2D eigenvalue weighted by molar-refractivity contribution is 0.101. The number of sulfone groups is 1. The van der Waals surface area contributed by atoms with E-state index in [1.54, 1.807) is 24.3 Å². The van der Waals surface area contributed by atoms with E-state index >= 15 is 0 Å². The third kappa shape index (κ3) is 4.31. The summed E-state index contributed by atoms with van der Waals surface area (Å²) in [7, 11) is -3.24. The van der Waals surface area contributed by atoms with Gasteiger partial charge in [-0.3, -0.25) is 4.79 Å². The fraction of sp³-hybridized carbons (Fsp3) is 0.133. The van der Waals surface area contributed by atoms with Crippen molar-refractivity contribution in [2.75, 3.05) is 18.1 Å². The summed E-state index contributed by atoms with van der Waals surface area (Å²) in [5.74, 6) is -0.120. The maximum absolute atomic E-state index is 12.0. The van der Waals surface area contributed by atoms with Crippen LogP contribution >= 0.6 is 11.6 Å². The van der Waals surface area contributed by atoms with E-state index in [1.807, 2.05) is 0 Å². The van der Waals surface area contributed by atoms with Crippen LogP contribution in [0.2, 0.25) is 5.02 Å². The molecule has 0 atom stereocenters. The minimum atomic E-state index is -3.24. The summed E-state index contributed by atoms with van der Waals surface area (Å²) in [6.45, 7) is 0.125. The molecule has 6 heteroatoms. The van der Waals surface area contributed by atoms with Gasteiger partial charge < -0.3 is 5.32 Å². The van der Waals surface area contributed by atoms with Crippen molar-refractivity contribution in [1.29, 1.82) is 0 Å². The lowest BCUT2D eigenvalue weighted by Crippen LogP contribution is -2.14. The molecule has 1 N–H and O–H groups in total. The van der Waals surface area contributed by atoms with Crippen molar-refractivity contribution in [3.8, 4) is 0 Å². The standard InChI is InChI=1S/C15H14ClNO3S/c1-21(19,20)14-8-2-11(3-9-14)15(18)10-17-13-6-4-12(16)5-7-13/h2-9,17H,10H2,1H3. The molecule has 0 heterocycles. The molecule has 0 amide bonds. The monoisotopic (exact) mass is 323 g/mol. The molecule has 21 heavy (non-hydrogen) atoms. The van der Waals surface area contributed by atoms with Crippen LogP contribution in [0.1, 0.15) is 10.4 Å². The largest absolute Gasteiger partial charge is 0.378 e. The second kappa shape index (κ2) is 6.28. The highest BCUT2D eigenvalue weighted by Crippen LogP contribution is 2.14. The third-order valence-corrected chi connectivity index (χ3v) is 4.28. The van der Waals surface area contributed by atoms with Gasteiger partial charge in [0.1, 0.15) is 0 Å². The van der Waals surface area contributed by atoms with Crippen molar-refractivity contribution >= 4 is 32.9 Å². The average Bonchev–Trinajstić information content (AvgIpc) is 2.45.